The molecule has 1 aliphatic rings. The molecule has 6 heteroatoms. The monoisotopic (exact) mass is 313 g/mol. The van der Waals surface area contributed by atoms with Crippen molar-refractivity contribution in [3.05, 3.63) is 54.0 Å². The van der Waals surface area contributed by atoms with Crippen LogP contribution in [0.5, 0.6) is 0 Å². The molecule has 6 nitrogen and oxygen atoms in total. The second-order valence-electron chi connectivity index (χ2n) is 5.50. The van der Waals surface area contributed by atoms with Crippen LogP contribution < -0.4 is 10.7 Å². The predicted octanol–water partition coefficient (Wildman–Crippen LogP) is 2.66. The first-order chi connectivity index (χ1) is 11.2. The summed E-state index contributed by atoms with van der Waals surface area (Å²) in [5.74, 6) is -0.201. The van der Waals surface area contributed by atoms with Gasteiger partial charge in [0.05, 0.1) is 6.26 Å². The molecule has 2 N–H and O–H groups in total. The summed E-state index contributed by atoms with van der Waals surface area (Å²) in [6, 6.07) is 10.0. The van der Waals surface area contributed by atoms with Gasteiger partial charge in [0.25, 0.3) is 11.8 Å². The number of hydrazine groups is 1. The average molecular weight is 313 g/mol. The fourth-order valence-corrected chi connectivity index (χ4v) is 2.52. The fraction of sp³-hybridized carbons (Fsp3) is 0.294. The minimum absolute atomic E-state index is 0.129. The third-order valence-corrected chi connectivity index (χ3v) is 3.77. The van der Waals surface area contributed by atoms with Crippen molar-refractivity contribution in [1.82, 2.24) is 10.4 Å². The van der Waals surface area contributed by atoms with Gasteiger partial charge in [-0.25, -0.2) is 5.01 Å². The minimum Gasteiger partial charge on any atom is -0.459 e. The number of carbonyl (C=O) groups is 2. The molecule has 0 unspecified atom stereocenters. The van der Waals surface area contributed by atoms with Gasteiger partial charge >= 0.3 is 0 Å². The molecule has 2 heterocycles. The summed E-state index contributed by atoms with van der Waals surface area (Å²) in [4.78, 5) is 24.0. The van der Waals surface area contributed by atoms with Crippen LogP contribution in [0.3, 0.4) is 0 Å². The van der Waals surface area contributed by atoms with Crippen LogP contribution in [0.2, 0.25) is 0 Å². The van der Waals surface area contributed by atoms with Gasteiger partial charge in [0.1, 0.15) is 0 Å². The number of rotatable bonds is 4. The maximum atomic E-state index is 12.2. The van der Waals surface area contributed by atoms with Gasteiger partial charge in [-0.1, -0.05) is 6.42 Å². The van der Waals surface area contributed by atoms with Gasteiger partial charge in [-0.05, 0) is 49.2 Å². The first kappa shape index (κ1) is 15.3. The predicted molar refractivity (Wildman–Crippen MR) is 86.0 cm³/mol. The highest BCUT2D eigenvalue weighted by Gasteiger charge is 2.14. The Hall–Kier alpha value is -2.60. The minimum atomic E-state index is -0.319. The van der Waals surface area contributed by atoms with Crippen molar-refractivity contribution in [3.8, 4) is 0 Å². The maximum absolute atomic E-state index is 12.2. The van der Waals surface area contributed by atoms with Crippen molar-refractivity contribution >= 4 is 17.5 Å². The summed E-state index contributed by atoms with van der Waals surface area (Å²) in [5.41, 5.74) is 4.08. The van der Waals surface area contributed by atoms with Crippen molar-refractivity contribution < 1.29 is 14.0 Å². The van der Waals surface area contributed by atoms with E-state index in [2.05, 4.69) is 10.7 Å². The van der Waals surface area contributed by atoms with E-state index in [9.17, 15) is 9.59 Å². The van der Waals surface area contributed by atoms with E-state index >= 15 is 0 Å². The normalized spacial score (nSPS) is 15.1. The Morgan fingerprint density at radius 1 is 0.957 bits per heavy atom. The molecule has 1 aromatic carbocycles. The van der Waals surface area contributed by atoms with Crippen molar-refractivity contribution in [3.63, 3.8) is 0 Å². The third-order valence-electron chi connectivity index (χ3n) is 3.77. The van der Waals surface area contributed by atoms with Crippen LogP contribution in [0, 0.1) is 0 Å². The van der Waals surface area contributed by atoms with Gasteiger partial charge in [-0.15, -0.1) is 0 Å². The van der Waals surface area contributed by atoms with Gasteiger partial charge in [0, 0.05) is 24.3 Å². The van der Waals surface area contributed by atoms with Gasteiger partial charge in [0.15, 0.2) is 5.76 Å². The van der Waals surface area contributed by atoms with E-state index in [-0.39, 0.29) is 17.6 Å². The summed E-state index contributed by atoms with van der Waals surface area (Å²) in [6.07, 6.45) is 4.88. The third kappa shape index (κ3) is 3.98. The van der Waals surface area contributed by atoms with Gasteiger partial charge in [-0.3, -0.25) is 15.0 Å². The highest BCUT2D eigenvalue weighted by Crippen LogP contribution is 2.13. The number of nitrogens with one attached hydrogen (secondary N) is 2. The molecule has 2 amide bonds. The molecule has 3 rings (SSSR count). The lowest BCUT2D eigenvalue weighted by atomic mass is 10.1. The van der Waals surface area contributed by atoms with E-state index in [0.29, 0.717) is 11.3 Å². The lowest BCUT2D eigenvalue weighted by molar-refractivity contribution is 0.0750. The highest BCUT2D eigenvalue weighted by atomic mass is 16.3. The molecule has 0 spiro atoms. The summed E-state index contributed by atoms with van der Waals surface area (Å²) < 4.78 is 5.03. The number of amides is 2. The van der Waals surface area contributed by atoms with E-state index in [0.717, 1.165) is 25.9 Å². The molecule has 0 aliphatic carbocycles. The van der Waals surface area contributed by atoms with Crippen LogP contribution in [0.1, 0.15) is 40.2 Å². The second-order valence-corrected chi connectivity index (χ2v) is 5.50. The zero-order valence-electron chi connectivity index (χ0n) is 12.7. The Kier molecular flexibility index (Phi) is 4.73. The molecule has 2 aromatic rings. The van der Waals surface area contributed by atoms with E-state index in [1.165, 1.54) is 12.7 Å². The SMILES string of the molecule is O=C(NN1CCCCC1)c1ccc(NC(=O)c2ccco2)cc1. The number of benzene rings is 1. The van der Waals surface area contributed by atoms with Gasteiger partial charge in [0.2, 0.25) is 0 Å². The lowest BCUT2D eigenvalue weighted by Gasteiger charge is -2.26. The van der Waals surface area contributed by atoms with Crippen LogP contribution in [-0.2, 0) is 0 Å². The molecular formula is C17H19N3O3. The smallest absolute Gasteiger partial charge is 0.291 e. The average Bonchev–Trinajstić information content (AvgIpc) is 3.11. The van der Waals surface area contributed by atoms with Gasteiger partial charge in [-0.2, -0.15) is 0 Å². The Morgan fingerprint density at radius 2 is 1.70 bits per heavy atom. The maximum Gasteiger partial charge on any atom is 0.291 e. The van der Waals surface area contributed by atoms with Crippen LogP contribution in [0.4, 0.5) is 5.69 Å². The first-order valence-corrected chi connectivity index (χ1v) is 7.73. The number of carbonyl (C=O) groups excluding carboxylic acids is 2. The number of nitrogens with zero attached hydrogens (tertiary/aromatic N) is 1. The molecule has 0 bridgehead atoms. The summed E-state index contributed by atoms with van der Waals surface area (Å²) >= 11 is 0. The molecule has 1 aliphatic heterocycles. The van der Waals surface area contributed by atoms with E-state index in [1.807, 2.05) is 5.01 Å². The van der Waals surface area contributed by atoms with Crippen molar-refractivity contribution in [2.75, 3.05) is 18.4 Å². The molecule has 1 fully saturated rings. The van der Waals surface area contributed by atoms with Crippen LogP contribution >= 0.6 is 0 Å². The summed E-state index contributed by atoms with van der Waals surface area (Å²) in [5, 5.41) is 4.67. The molecule has 120 valence electrons. The molecule has 1 saturated heterocycles. The largest absolute Gasteiger partial charge is 0.459 e. The first-order valence-electron chi connectivity index (χ1n) is 7.73. The highest BCUT2D eigenvalue weighted by molar-refractivity contribution is 6.02. The Morgan fingerprint density at radius 3 is 2.35 bits per heavy atom. The summed E-state index contributed by atoms with van der Waals surface area (Å²) in [6.45, 7) is 1.78. The number of anilines is 1. The molecule has 0 saturated carbocycles. The fourth-order valence-electron chi connectivity index (χ4n) is 2.52. The van der Waals surface area contributed by atoms with Crippen molar-refractivity contribution in [2.24, 2.45) is 0 Å². The number of furan rings is 1. The van der Waals surface area contributed by atoms with E-state index in [4.69, 9.17) is 4.42 Å². The Balaban J connectivity index is 1.58. The zero-order chi connectivity index (χ0) is 16.1. The van der Waals surface area contributed by atoms with Crippen molar-refractivity contribution in [1.29, 1.82) is 0 Å². The lowest BCUT2D eigenvalue weighted by Crippen LogP contribution is -2.45. The zero-order valence-corrected chi connectivity index (χ0v) is 12.7. The summed E-state index contributed by atoms with van der Waals surface area (Å²) in [7, 11) is 0. The molecule has 0 radical (unpaired) electrons. The van der Waals surface area contributed by atoms with Gasteiger partial charge < -0.3 is 9.73 Å². The Labute approximate surface area is 134 Å². The number of hydrogen-bond donors (Lipinski definition) is 2. The van der Waals surface area contributed by atoms with Crippen LogP contribution in [0.25, 0.3) is 0 Å². The molecule has 0 atom stereocenters. The molecular weight excluding hydrogens is 294 g/mol. The number of hydrogen-bond acceptors (Lipinski definition) is 4. The standard InChI is InChI=1S/C17H19N3O3/c21-16(19-20-10-2-1-3-11-20)13-6-8-14(9-7-13)18-17(22)15-5-4-12-23-15/h4-9,12H,1-3,10-11H2,(H,18,22)(H,19,21). The molecule has 23 heavy (non-hydrogen) atoms. The number of piperidine rings is 1. The van der Waals surface area contributed by atoms with E-state index < -0.39 is 0 Å². The molecule has 1 aromatic heterocycles. The van der Waals surface area contributed by atoms with Crippen molar-refractivity contribution in [2.45, 2.75) is 19.3 Å². The quantitative estimate of drug-likeness (QED) is 0.910. The topological polar surface area (TPSA) is 74.6 Å². The van der Waals surface area contributed by atoms with Crippen LogP contribution in [0.15, 0.2) is 47.1 Å². The van der Waals surface area contributed by atoms with Crippen LogP contribution in [-0.4, -0.2) is 29.9 Å². The van der Waals surface area contributed by atoms with E-state index in [1.54, 1.807) is 36.4 Å². The second kappa shape index (κ2) is 7.11. The Bertz CT molecular complexity index is 659.